The van der Waals surface area contributed by atoms with Crippen LogP contribution in [0.5, 0.6) is 0 Å². The van der Waals surface area contributed by atoms with Crippen LogP contribution in [0.15, 0.2) is 54.7 Å². The maximum Gasteiger partial charge on any atom is 0.170 e. The van der Waals surface area contributed by atoms with E-state index in [9.17, 15) is 0 Å². The Morgan fingerprint density at radius 2 is 2.06 bits per heavy atom. The van der Waals surface area contributed by atoms with Crippen molar-refractivity contribution in [1.29, 1.82) is 0 Å². The van der Waals surface area contributed by atoms with Gasteiger partial charge in [-0.15, -0.1) is 0 Å². The molecule has 32 heavy (non-hydrogen) atoms. The first-order valence-corrected chi connectivity index (χ1v) is 11.9. The van der Waals surface area contributed by atoms with Crippen molar-refractivity contribution in [3.8, 4) is 5.69 Å². The summed E-state index contributed by atoms with van der Waals surface area (Å²) in [4.78, 5) is 6.96. The molecule has 2 aliphatic heterocycles. The van der Waals surface area contributed by atoms with E-state index >= 15 is 0 Å². The third kappa shape index (κ3) is 3.91. The van der Waals surface area contributed by atoms with E-state index in [4.69, 9.17) is 28.6 Å². The second kappa shape index (κ2) is 8.85. The van der Waals surface area contributed by atoms with Gasteiger partial charge in [0, 0.05) is 41.4 Å². The van der Waals surface area contributed by atoms with Crippen molar-refractivity contribution in [3.63, 3.8) is 0 Å². The molecule has 0 radical (unpaired) electrons. The largest absolute Gasteiger partial charge is 0.376 e. The number of thiocarbonyl (C=S) groups is 1. The number of hydrogen-bond donors (Lipinski definition) is 1. The van der Waals surface area contributed by atoms with E-state index in [-0.39, 0.29) is 18.2 Å². The van der Waals surface area contributed by atoms with Crippen molar-refractivity contribution in [3.05, 3.63) is 82.4 Å². The Labute approximate surface area is 199 Å². The average Bonchev–Trinajstić information content (AvgIpc) is 3.48. The van der Waals surface area contributed by atoms with Gasteiger partial charge in [0.25, 0.3) is 0 Å². The van der Waals surface area contributed by atoms with E-state index < -0.39 is 0 Å². The summed E-state index contributed by atoms with van der Waals surface area (Å²) in [6, 6.07) is 16.3. The smallest absolute Gasteiger partial charge is 0.170 e. The maximum atomic E-state index is 6.30. The topological polar surface area (TPSA) is 42.3 Å². The normalized spacial score (nSPS) is 23.0. The van der Waals surface area contributed by atoms with Crippen LogP contribution in [0.1, 0.15) is 47.6 Å². The monoisotopic (exact) mass is 466 g/mol. The van der Waals surface area contributed by atoms with Crippen LogP contribution in [-0.4, -0.2) is 38.8 Å². The molecule has 0 saturated carbocycles. The van der Waals surface area contributed by atoms with Gasteiger partial charge in [-0.1, -0.05) is 23.7 Å². The highest BCUT2D eigenvalue weighted by molar-refractivity contribution is 7.80. The van der Waals surface area contributed by atoms with Crippen LogP contribution >= 0.6 is 23.8 Å². The highest BCUT2D eigenvalue weighted by Gasteiger charge is 2.42. The summed E-state index contributed by atoms with van der Waals surface area (Å²) >= 11 is 12.1. The molecule has 0 bridgehead atoms. The van der Waals surface area contributed by atoms with E-state index in [0.717, 1.165) is 53.2 Å². The fourth-order valence-electron chi connectivity index (χ4n) is 5.05. The van der Waals surface area contributed by atoms with Gasteiger partial charge in [-0.3, -0.25) is 4.98 Å². The Morgan fingerprint density at radius 3 is 2.78 bits per heavy atom. The number of nitrogens with zero attached hydrogens (tertiary/aromatic N) is 3. The second-order valence-electron chi connectivity index (χ2n) is 8.56. The zero-order valence-electron chi connectivity index (χ0n) is 18.3. The Hall–Kier alpha value is -2.41. The molecule has 1 N–H and O–H groups in total. The predicted octanol–water partition coefficient (Wildman–Crippen LogP) is 5.29. The molecule has 5 rings (SSSR count). The van der Waals surface area contributed by atoms with E-state index in [1.165, 1.54) is 11.3 Å². The second-order valence-corrected chi connectivity index (χ2v) is 9.38. The minimum Gasteiger partial charge on any atom is -0.376 e. The van der Waals surface area contributed by atoms with Gasteiger partial charge < -0.3 is 19.5 Å². The molecule has 3 aromatic rings. The number of rotatable bonds is 5. The van der Waals surface area contributed by atoms with Crippen molar-refractivity contribution < 1.29 is 4.74 Å². The van der Waals surface area contributed by atoms with Gasteiger partial charge in [-0.2, -0.15) is 0 Å². The molecule has 2 aliphatic rings. The molecule has 3 atom stereocenters. The molecule has 2 saturated heterocycles. The summed E-state index contributed by atoms with van der Waals surface area (Å²) in [7, 11) is 0. The number of halogens is 1. The fourth-order valence-corrected chi connectivity index (χ4v) is 5.55. The Bertz CT molecular complexity index is 1130. The van der Waals surface area contributed by atoms with E-state index in [2.05, 4.69) is 51.8 Å². The van der Waals surface area contributed by atoms with Crippen LogP contribution in [0.25, 0.3) is 5.69 Å². The molecule has 0 spiro atoms. The Morgan fingerprint density at radius 1 is 1.19 bits per heavy atom. The molecule has 166 valence electrons. The first-order chi connectivity index (χ1) is 15.5. The highest BCUT2D eigenvalue weighted by Crippen LogP contribution is 2.42. The average molecular weight is 467 g/mol. The molecular weight excluding hydrogens is 440 g/mol. The van der Waals surface area contributed by atoms with Crippen LogP contribution in [0.2, 0.25) is 5.02 Å². The first-order valence-electron chi connectivity index (χ1n) is 11.1. The Kier molecular flexibility index (Phi) is 5.93. The van der Waals surface area contributed by atoms with E-state index in [1.54, 1.807) is 0 Å². The number of aryl methyl sites for hydroxylation is 1. The lowest BCUT2D eigenvalue weighted by Crippen LogP contribution is -2.36. The summed E-state index contributed by atoms with van der Waals surface area (Å²) in [6.45, 7) is 5.92. The van der Waals surface area contributed by atoms with Crippen LogP contribution in [0.4, 0.5) is 0 Å². The van der Waals surface area contributed by atoms with Crippen LogP contribution < -0.4 is 5.32 Å². The van der Waals surface area contributed by atoms with Gasteiger partial charge in [0.05, 0.1) is 23.9 Å². The molecule has 0 unspecified atom stereocenters. The standard InChI is InChI=1S/C25H27ClN4OS/c1-16-13-21(17(2)30(16)19-8-5-7-18(26)14-19)24-23(22-10-3-4-11-27-22)28-25(32)29(24)15-20-9-6-12-31-20/h3-5,7-8,10-11,13-14,20,23-24H,6,9,12,15H2,1-2H3,(H,28,32)/t20-,23+,24-/m1/s1. The third-order valence-electron chi connectivity index (χ3n) is 6.48. The third-order valence-corrected chi connectivity index (χ3v) is 7.06. The lowest BCUT2D eigenvalue weighted by molar-refractivity contribution is 0.0842. The number of nitrogens with one attached hydrogen (secondary N) is 1. The predicted molar refractivity (Wildman–Crippen MR) is 131 cm³/mol. The van der Waals surface area contributed by atoms with Gasteiger partial charge in [0.15, 0.2) is 5.11 Å². The molecule has 1 aromatic carbocycles. The Balaban J connectivity index is 1.59. The maximum absolute atomic E-state index is 6.30. The zero-order chi connectivity index (χ0) is 22.2. The van der Waals surface area contributed by atoms with Gasteiger partial charge in [-0.25, -0.2) is 0 Å². The summed E-state index contributed by atoms with van der Waals surface area (Å²) in [5, 5.41) is 5.04. The summed E-state index contributed by atoms with van der Waals surface area (Å²) < 4.78 is 8.23. The minimum atomic E-state index is -0.0292. The molecular formula is C25H27ClN4OS. The molecule has 0 aliphatic carbocycles. The summed E-state index contributed by atoms with van der Waals surface area (Å²) in [5.74, 6) is 0. The fraction of sp³-hybridized carbons (Fsp3) is 0.360. The van der Waals surface area contributed by atoms with Gasteiger partial charge in [-0.05, 0) is 80.9 Å². The molecule has 0 amide bonds. The van der Waals surface area contributed by atoms with Crippen molar-refractivity contribution in [2.24, 2.45) is 0 Å². The lowest BCUT2D eigenvalue weighted by Gasteiger charge is -2.30. The summed E-state index contributed by atoms with van der Waals surface area (Å²) in [5.41, 5.74) is 5.63. The molecule has 7 heteroatoms. The number of hydrogen-bond acceptors (Lipinski definition) is 3. The SMILES string of the molecule is Cc1cc([C@@H]2[C@H](c3ccccn3)NC(=S)N2C[C@H]2CCCO2)c(C)n1-c1cccc(Cl)c1. The van der Waals surface area contributed by atoms with E-state index in [0.29, 0.717) is 0 Å². The number of ether oxygens (including phenoxy) is 1. The van der Waals surface area contributed by atoms with Gasteiger partial charge >= 0.3 is 0 Å². The highest BCUT2D eigenvalue weighted by atomic mass is 35.5. The zero-order valence-corrected chi connectivity index (χ0v) is 19.9. The molecule has 4 heterocycles. The van der Waals surface area contributed by atoms with Crippen molar-refractivity contribution in [2.45, 2.75) is 44.9 Å². The minimum absolute atomic E-state index is 0.0285. The van der Waals surface area contributed by atoms with Crippen LogP contribution in [-0.2, 0) is 4.74 Å². The van der Waals surface area contributed by atoms with Crippen LogP contribution in [0, 0.1) is 13.8 Å². The summed E-state index contributed by atoms with van der Waals surface area (Å²) in [6.07, 6.45) is 4.23. The van der Waals surface area contributed by atoms with Crippen LogP contribution in [0.3, 0.4) is 0 Å². The number of aromatic nitrogens is 2. The first kappa shape index (κ1) is 21.4. The van der Waals surface area contributed by atoms with Crippen molar-refractivity contribution in [2.75, 3.05) is 13.2 Å². The van der Waals surface area contributed by atoms with Crippen molar-refractivity contribution in [1.82, 2.24) is 19.8 Å². The number of benzene rings is 1. The molecule has 2 fully saturated rings. The lowest BCUT2D eigenvalue weighted by atomic mass is 9.96. The number of pyridine rings is 1. The van der Waals surface area contributed by atoms with Gasteiger partial charge in [0.2, 0.25) is 0 Å². The molecule has 2 aromatic heterocycles. The quantitative estimate of drug-likeness (QED) is 0.517. The molecule has 5 nitrogen and oxygen atoms in total. The van der Waals surface area contributed by atoms with Crippen molar-refractivity contribution >= 4 is 28.9 Å². The van der Waals surface area contributed by atoms with Gasteiger partial charge in [0.1, 0.15) is 0 Å². The van der Waals surface area contributed by atoms with E-state index in [1.807, 2.05) is 36.5 Å².